The van der Waals surface area contributed by atoms with E-state index in [1.807, 2.05) is 19.1 Å². The van der Waals surface area contributed by atoms with Gasteiger partial charge in [0.25, 0.3) is 5.56 Å². The molecule has 0 spiro atoms. The summed E-state index contributed by atoms with van der Waals surface area (Å²) in [4.78, 5) is 30.9. The average molecular weight is 468 g/mol. The van der Waals surface area contributed by atoms with Crippen LogP contribution in [0.15, 0.2) is 76.6 Å². The molecule has 2 aromatic heterocycles. The van der Waals surface area contributed by atoms with Crippen LogP contribution in [0.1, 0.15) is 47.2 Å². The predicted octanol–water partition coefficient (Wildman–Crippen LogP) is 5.46. The number of anilines is 1. The maximum Gasteiger partial charge on any atom is 0.252 e. The molecule has 0 bridgehead atoms. The predicted molar refractivity (Wildman–Crippen MR) is 137 cm³/mol. The van der Waals surface area contributed by atoms with E-state index in [-0.39, 0.29) is 11.5 Å². The fourth-order valence-electron chi connectivity index (χ4n) is 4.96. The largest absolute Gasteiger partial charge is 0.309 e. The number of carbonyl (C=O) groups excluding carboxylic acids is 1. The molecule has 1 amide bonds. The molecule has 3 heterocycles. The van der Waals surface area contributed by atoms with Crippen LogP contribution >= 0.6 is 11.8 Å². The lowest BCUT2D eigenvalue weighted by atomic mass is 9.95. The zero-order chi connectivity index (χ0) is 23.2. The van der Waals surface area contributed by atoms with Gasteiger partial charge >= 0.3 is 0 Å². The Kier molecular flexibility index (Phi) is 5.26. The van der Waals surface area contributed by atoms with Crippen molar-refractivity contribution in [1.29, 1.82) is 0 Å². The maximum atomic E-state index is 13.4. The van der Waals surface area contributed by atoms with Crippen molar-refractivity contribution < 1.29 is 4.79 Å². The van der Waals surface area contributed by atoms with Crippen molar-refractivity contribution in [2.24, 2.45) is 0 Å². The third-order valence-electron chi connectivity index (χ3n) is 6.71. The van der Waals surface area contributed by atoms with Crippen LogP contribution in [0.25, 0.3) is 10.8 Å². The summed E-state index contributed by atoms with van der Waals surface area (Å²) in [5.74, 6) is 1.37. The summed E-state index contributed by atoms with van der Waals surface area (Å²) in [5.41, 5.74) is 4.33. The van der Waals surface area contributed by atoms with Crippen LogP contribution < -0.4 is 10.9 Å². The smallest absolute Gasteiger partial charge is 0.252 e. The lowest BCUT2D eigenvalue weighted by Crippen LogP contribution is -2.33. The van der Waals surface area contributed by atoms with Crippen molar-refractivity contribution >= 4 is 34.3 Å². The molecule has 2 aliphatic rings. The number of carbonyl (C=O) groups is 1. The van der Waals surface area contributed by atoms with Crippen LogP contribution in [0.5, 0.6) is 0 Å². The molecule has 1 aliphatic carbocycles. The molecule has 2 aromatic carbocycles. The molecule has 0 saturated heterocycles. The second kappa shape index (κ2) is 8.44. The molecule has 1 aliphatic heterocycles. The normalized spacial score (nSPS) is 17.0. The first kappa shape index (κ1) is 21.2. The van der Waals surface area contributed by atoms with Crippen molar-refractivity contribution in [1.82, 2.24) is 9.55 Å². The standard InChI is InChI=1S/C28H25N3O2S/c1-17-6-4-11-24(29-17)30-27(33)23-16-34-28-26(19-12-13-19)21(15-25(32)31(23)28)14-20-9-5-8-18-7-2-3-10-22(18)20/h2-11,15,19,23H,12-14,16H2,1H3,(H,29,30,33)/t23-/m0/s1. The van der Waals surface area contributed by atoms with Crippen LogP contribution in [0.4, 0.5) is 5.82 Å². The Morgan fingerprint density at radius 2 is 1.85 bits per heavy atom. The van der Waals surface area contributed by atoms with Crippen LogP contribution in [-0.4, -0.2) is 21.2 Å². The number of aromatic nitrogens is 2. The minimum Gasteiger partial charge on any atom is -0.309 e. The van der Waals surface area contributed by atoms with Gasteiger partial charge in [-0.05, 0) is 71.7 Å². The summed E-state index contributed by atoms with van der Waals surface area (Å²) in [5, 5.41) is 6.32. The highest BCUT2D eigenvalue weighted by Gasteiger charge is 2.37. The van der Waals surface area contributed by atoms with Crippen molar-refractivity contribution in [2.75, 3.05) is 11.1 Å². The van der Waals surface area contributed by atoms with Gasteiger partial charge in [-0.1, -0.05) is 48.5 Å². The molecule has 6 heteroatoms. The lowest BCUT2D eigenvalue weighted by Gasteiger charge is -2.18. The molecule has 4 aromatic rings. The van der Waals surface area contributed by atoms with Gasteiger partial charge in [-0.2, -0.15) is 0 Å². The number of benzene rings is 2. The third kappa shape index (κ3) is 3.82. The Labute approximate surface area is 202 Å². The first-order valence-electron chi connectivity index (χ1n) is 11.7. The molecule has 0 radical (unpaired) electrons. The lowest BCUT2D eigenvalue weighted by molar-refractivity contribution is -0.118. The van der Waals surface area contributed by atoms with Gasteiger partial charge in [-0.15, -0.1) is 11.8 Å². The quantitative estimate of drug-likeness (QED) is 0.423. The molecule has 1 fully saturated rings. The van der Waals surface area contributed by atoms with Crippen LogP contribution in [-0.2, 0) is 11.2 Å². The number of nitrogens with one attached hydrogen (secondary N) is 1. The zero-order valence-electron chi connectivity index (χ0n) is 19.0. The van der Waals surface area contributed by atoms with E-state index in [1.165, 1.54) is 21.9 Å². The molecular weight excluding hydrogens is 442 g/mol. The minimum absolute atomic E-state index is 0.100. The third-order valence-corrected chi connectivity index (χ3v) is 7.88. The van der Waals surface area contributed by atoms with Crippen LogP contribution in [0.2, 0.25) is 0 Å². The van der Waals surface area contributed by atoms with E-state index in [2.05, 4.69) is 52.8 Å². The molecule has 5 nitrogen and oxygen atoms in total. The van der Waals surface area contributed by atoms with Crippen molar-refractivity contribution in [3.8, 4) is 0 Å². The Morgan fingerprint density at radius 1 is 1.06 bits per heavy atom. The topological polar surface area (TPSA) is 64.0 Å². The average Bonchev–Trinajstić information content (AvgIpc) is 3.56. The van der Waals surface area contributed by atoms with E-state index in [0.29, 0.717) is 17.5 Å². The SMILES string of the molecule is Cc1cccc(NC(=O)[C@@H]2CSc3c(C4CC4)c(Cc4cccc5ccccc45)cc(=O)n32)n1. The summed E-state index contributed by atoms with van der Waals surface area (Å²) in [7, 11) is 0. The molecular formula is C28H25N3O2S. The fourth-order valence-corrected chi connectivity index (χ4v) is 6.39. The van der Waals surface area contributed by atoms with E-state index in [0.717, 1.165) is 35.5 Å². The Bertz CT molecular complexity index is 1480. The molecule has 0 unspecified atom stereocenters. The van der Waals surface area contributed by atoms with Gasteiger partial charge in [0.1, 0.15) is 11.9 Å². The maximum absolute atomic E-state index is 13.4. The van der Waals surface area contributed by atoms with Gasteiger partial charge < -0.3 is 5.32 Å². The number of hydrogen-bond donors (Lipinski definition) is 1. The summed E-state index contributed by atoms with van der Waals surface area (Å²) in [6.07, 6.45) is 3.00. The van der Waals surface area contributed by atoms with E-state index >= 15 is 0 Å². The Morgan fingerprint density at radius 3 is 2.68 bits per heavy atom. The van der Waals surface area contributed by atoms with Crippen molar-refractivity contribution in [3.05, 3.63) is 99.5 Å². The van der Waals surface area contributed by atoms with Gasteiger partial charge in [0.2, 0.25) is 5.91 Å². The number of hydrogen-bond acceptors (Lipinski definition) is 4. The monoisotopic (exact) mass is 467 g/mol. The number of amides is 1. The van der Waals surface area contributed by atoms with Crippen molar-refractivity contribution in [2.45, 2.75) is 43.2 Å². The number of fused-ring (bicyclic) bond motifs is 2. The first-order valence-corrected chi connectivity index (χ1v) is 12.7. The van der Waals surface area contributed by atoms with E-state index in [1.54, 1.807) is 28.5 Å². The Hall–Kier alpha value is -3.38. The second-order valence-electron chi connectivity index (χ2n) is 9.17. The molecule has 1 atom stereocenters. The number of pyridine rings is 2. The second-order valence-corrected chi connectivity index (χ2v) is 10.2. The van der Waals surface area contributed by atoms with Gasteiger partial charge in [0.15, 0.2) is 0 Å². The zero-order valence-corrected chi connectivity index (χ0v) is 19.8. The first-order chi connectivity index (χ1) is 16.6. The summed E-state index contributed by atoms with van der Waals surface area (Å²) < 4.78 is 1.72. The van der Waals surface area contributed by atoms with E-state index in [9.17, 15) is 9.59 Å². The minimum atomic E-state index is -0.529. The molecule has 6 rings (SSSR count). The highest BCUT2D eigenvalue weighted by atomic mass is 32.2. The molecule has 1 N–H and O–H groups in total. The van der Waals surface area contributed by atoms with Crippen LogP contribution in [0, 0.1) is 6.92 Å². The molecule has 34 heavy (non-hydrogen) atoms. The number of thioether (sulfide) groups is 1. The summed E-state index contributed by atoms with van der Waals surface area (Å²) in [6, 6.07) is 21.5. The fraction of sp³-hybridized carbons (Fsp3) is 0.250. The van der Waals surface area contributed by atoms with Gasteiger partial charge in [-0.3, -0.25) is 14.2 Å². The van der Waals surface area contributed by atoms with E-state index in [4.69, 9.17) is 0 Å². The number of rotatable bonds is 5. The van der Waals surface area contributed by atoms with Crippen LogP contribution in [0.3, 0.4) is 0 Å². The highest BCUT2D eigenvalue weighted by molar-refractivity contribution is 7.99. The highest BCUT2D eigenvalue weighted by Crippen LogP contribution is 2.48. The number of aryl methyl sites for hydroxylation is 1. The summed E-state index contributed by atoms with van der Waals surface area (Å²) in [6.45, 7) is 1.89. The summed E-state index contributed by atoms with van der Waals surface area (Å²) >= 11 is 1.64. The van der Waals surface area contributed by atoms with Gasteiger partial charge in [-0.25, -0.2) is 4.98 Å². The number of nitrogens with zero attached hydrogens (tertiary/aromatic N) is 2. The Balaban J connectivity index is 1.38. The molecule has 1 saturated carbocycles. The van der Waals surface area contributed by atoms with Gasteiger partial charge in [0.05, 0.1) is 5.03 Å². The molecule has 170 valence electrons. The van der Waals surface area contributed by atoms with E-state index < -0.39 is 6.04 Å². The van der Waals surface area contributed by atoms with Crippen molar-refractivity contribution in [3.63, 3.8) is 0 Å². The van der Waals surface area contributed by atoms with Gasteiger partial charge in [0, 0.05) is 17.5 Å².